The number of H-pyrrole nitrogens is 1. The molecule has 1 aromatic heterocycles. The van der Waals surface area contributed by atoms with E-state index in [-0.39, 0.29) is 0 Å². The Hall–Kier alpha value is -0.850. The number of hydrogen-bond acceptors (Lipinski definition) is 3. The van der Waals surface area contributed by atoms with Crippen LogP contribution in [0.4, 0.5) is 0 Å². The Morgan fingerprint density at radius 1 is 1.14 bits per heavy atom. The van der Waals surface area contributed by atoms with Crippen LogP contribution < -0.4 is 5.32 Å². The van der Waals surface area contributed by atoms with Crippen molar-refractivity contribution in [3.05, 3.63) is 18.0 Å². The molecule has 2 heterocycles. The highest BCUT2D eigenvalue weighted by molar-refractivity contribution is 7.89. The summed E-state index contributed by atoms with van der Waals surface area (Å²) in [5, 5.41) is 3.40. The molecule has 0 unspecified atom stereocenters. The number of hydrogen-bond donors (Lipinski definition) is 2. The van der Waals surface area contributed by atoms with Crippen LogP contribution in [0, 0.1) is 0 Å². The number of rotatable bonds is 5. The largest absolute Gasteiger partial charge is 0.363 e. The van der Waals surface area contributed by atoms with Gasteiger partial charge in [0.2, 0.25) is 10.0 Å². The van der Waals surface area contributed by atoms with Gasteiger partial charge in [0.05, 0.1) is 4.90 Å². The molecule has 1 aromatic rings. The molecule has 3 rings (SSSR count). The summed E-state index contributed by atoms with van der Waals surface area (Å²) in [7, 11) is -3.33. The molecule has 2 aliphatic rings. The number of nitrogens with zero attached hydrogens (tertiary/aromatic N) is 1. The third-order valence-corrected chi connectivity index (χ3v) is 6.20. The Morgan fingerprint density at radius 3 is 2.48 bits per heavy atom. The van der Waals surface area contributed by atoms with Crippen molar-refractivity contribution < 1.29 is 8.42 Å². The molecule has 1 aliphatic heterocycles. The standard InChI is InChI=1S/C15H25N3O2S/c19-21(20,18-8-4-2-1-3-5-9-18)15-10-14(17-12-15)11-16-13-6-7-13/h10,12-13,16-17H,1-9,11H2. The lowest BCUT2D eigenvalue weighted by Crippen LogP contribution is -2.33. The van der Waals surface area contributed by atoms with Gasteiger partial charge in [-0.25, -0.2) is 8.42 Å². The zero-order valence-corrected chi connectivity index (χ0v) is 13.3. The van der Waals surface area contributed by atoms with Crippen LogP contribution in [0.1, 0.15) is 50.6 Å². The van der Waals surface area contributed by atoms with Gasteiger partial charge in [-0.1, -0.05) is 19.3 Å². The lowest BCUT2D eigenvalue weighted by Gasteiger charge is -2.23. The van der Waals surface area contributed by atoms with Gasteiger partial charge in [-0.3, -0.25) is 0 Å². The van der Waals surface area contributed by atoms with Gasteiger partial charge in [0, 0.05) is 37.6 Å². The minimum absolute atomic E-state index is 0.413. The highest BCUT2D eigenvalue weighted by Gasteiger charge is 2.26. The van der Waals surface area contributed by atoms with Crippen LogP contribution in [0.25, 0.3) is 0 Å². The van der Waals surface area contributed by atoms with Crippen LogP contribution in [0.15, 0.2) is 17.2 Å². The van der Waals surface area contributed by atoms with E-state index in [4.69, 9.17) is 0 Å². The van der Waals surface area contributed by atoms with Crippen molar-refractivity contribution in [2.75, 3.05) is 13.1 Å². The number of aromatic amines is 1. The van der Waals surface area contributed by atoms with Crippen LogP contribution in [-0.2, 0) is 16.6 Å². The second-order valence-corrected chi connectivity index (χ2v) is 8.13. The Bertz CT molecular complexity index is 555. The average molecular weight is 311 g/mol. The maximum absolute atomic E-state index is 12.7. The van der Waals surface area contributed by atoms with E-state index in [1.54, 1.807) is 16.6 Å². The minimum Gasteiger partial charge on any atom is -0.363 e. The zero-order valence-electron chi connectivity index (χ0n) is 12.5. The SMILES string of the molecule is O=S(=O)(c1c[nH]c(CNC2CC2)c1)N1CCCCCCC1. The van der Waals surface area contributed by atoms with Crippen LogP contribution in [0.5, 0.6) is 0 Å². The predicted molar refractivity (Wildman–Crippen MR) is 82.5 cm³/mol. The Balaban J connectivity index is 1.67. The molecule has 1 aliphatic carbocycles. The first-order valence-corrected chi connectivity index (χ1v) is 9.51. The van der Waals surface area contributed by atoms with Gasteiger partial charge < -0.3 is 10.3 Å². The smallest absolute Gasteiger partial charge is 0.244 e. The van der Waals surface area contributed by atoms with E-state index in [1.165, 1.54) is 19.3 Å². The van der Waals surface area contributed by atoms with Crippen LogP contribution in [0.2, 0.25) is 0 Å². The molecule has 5 nitrogen and oxygen atoms in total. The minimum atomic E-state index is -3.33. The van der Waals surface area contributed by atoms with Crippen molar-refractivity contribution >= 4 is 10.0 Å². The molecule has 0 bridgehead atoms. The monoisotopic (exact) mass is 311 g/mol. The van der Waals surface area contributed by atoms with Gasteiger partial charge in [0.1, 0.15) is 0 Å². The fourth-order valence-corrected chi connectivity index (χ4v) is 4.36. The molecule has 0 atom stereocenters. The molecule has 1 saturated carbocycles. The Kier molecular flexibility index (Phi) is 4.66. The summed E-state index contributed by atoms with van der Waals surface area (Å²) in [6.07, 6.45) is 9.55. The first-order valence-electron chi connectivity index (χ1n) is 8.07. The summed E-state index contributed by atoms with van der Waals surface area (Å²) in [6.45, 7) is 2.03. The van der Waals surface area contributed by atoms with Crippen molar-refractivity contribution in [1.29, 1.82) is 0 Å². The van der Waals surface area contributed by atoms with E-state index in [9.17, 15) is 8.42 Å². The normalized spacial score (nSPS) is 21.9. The summed E-state index contributed by atoms with van der Waals surface area (Å²) >= 11 is 0. The Labute approximate surface area is 127 Å². The summed E-state index contributed by atoms with van der Waals surface area (Å²) in [6, 6.07) is 2.41. The molecule has 2 N–H and O–H groups in total. The van der Waals surface area contributed by atoms with Gasteiger partial charge in [-0.15, -0.1) is 0 Å². The second kappa shape index (κ2) is 6.50. The fraction of sp³-hybridized carbons (Fsp3) is 0.733. The third kappa shape index (κ3) is 3.87. The first kappa shape index (κ1) is 15.1. The molecule has 118 valence electrons. The van der Waals surface area contributed by atoms with E-state index in [0.717, 1.165) is 37.9 Å². The molecule has 0 spiro atoms. The Morgan fingerprint density at radius 2 is 1.81 bits per heavy atom. The lowest BCUT2D eigenvalue weighted by atomic mass is 10.1. The van der Waals surface area contributed by atoms with Crippen molar-refractivity contribution in [2.45, 2.75) is 62.4 Å². The van der Waals surface area contributed by atoms with Gasteiger partial charge in [0.15, 0.2) is 0 Å². The number of nitrogens with one attached hydrogen (secondary N) is 2. The summed E-state index contributed by atoms with van der Waals surface area (Å²) in [5.41, 5.74) is 0.951. The van der Waals surface area contributed by atoms with E-state index in [1.807, 2.05) is 0 Å². The fourth-order valence-electron chi connectivity index (χ4n) is 2.82. The maximum Gasteiger partial charge on any atom is 0.244 e. The van der Waals surface area contributed by atoms with Crippen LogP contribution in [0.3, 0.4) is 0 Å². The van der Waals surface area contributed by atoms with Crippen molar-refractivity contribution in [3.8, 4) is 0 Å². The maximum atomic E-state index is 12.7. The average Bonchev–Trinajstić information content (AvgIpc) is 3.11. The summed E-state index contributed by atoms with van der Waals surface area (Å²) in [5.74, 6) is 0. The van der Waals surface area contributed by atoms with Gasteiger partial charge in [-0.05, 0) is 31.7 Å². The second-order valence-electron chi connectivity index (χ2n) is 6.19. The predicted octanol–water partition coefficient (Wildman–Crippen LogP) is 2.22. The number of aromatic nitrogens is 1. The summed E-state index contributed by atoms with van der Waals surface area (Å²) < 4.78 is 27.1. The molecule has 0 amide bonds. The van der Waals surface area contributed by atoms with Gasteiger partial charge >= 0.3 is 0 Å². The highest BCUT2D eigenvalue weighted by atomic mass is 32.2. The van der Waals surface area contributed by atoms with Gasteiger partial charge in [0.25, 0.3) is 0 Å². The molecule has 6 heteroatoms. The van der Waals surface area contributed by atoms with Crippen molar-refractivity contribution in [3.63, 3.8) is 0 Å². The van der Waals surface area contributed by atoms with E-state index < -0.39 is 10.0 Å². The molecule has 21 heavy (non-hydrogen) atoms. The molecule has 2 fully saturated rings. The molecular weight excluding hydrogens is 286 g/mol. The third-order valence-electron chi connectivity index (χ3n) is 4.33. The van der Waals surface area contributed by atoms with E-state index in [0.29, 0.717) is 24.0 Å². The quantitative estimate of drug-likeness (QED) is 0.876. The molecular formula is C15H25N3O2S. The molecule has 1 saturated heterocycles. The first-order chi connectivity index (χ1) is 10.2. The highest BCUT2D eigenvalue weighted by Crippen LogP contribution is 2.22. The van der Waals surface area contributed by atoms with E-state index >= 15 is 0 Å². The summed E-state index contributed by atoms with van der Waals surface area (Å²) in [4.78, 5) is 3.51. The van der Waals surface area contributed by atoms with Crippen LogP contribution in [-0.4, -0.2) is 36.8 Å². The topological polar surface area (TPSA) is 65.2 Å². The molecule has 0 radical (unpaired) electrons. The van der Waals surface area contributed by atoms with Crippen molar-refractivity contribution in [1.82, 2.24) is 14.6 Å². The molecule has 0 aromatic carbocycles. The van der Waals surface area contributed by atoms with Crippen molar-refractivity contribution in [2.24, 2.45) is 0 Å². The van der Waals surface area contributed by atoms with E-state index in [2.05, 4.69) is 10.3 Å². The van der Waals surface area contributed by atoms with Crippen LogP contribution >= 0.6 is 0 Å². The number of sulfonamides is 1. The lowest BCUT2D eigenvalue weighted by molar-refractivity contribution is 0.364. The van der Waals surface area contributed by atoms with Gasteiger partial charge in [-0.2, -0.15) is 4.31 Å². The zero-order chi connectivity index (χ0) is 14.7.